The van der Waals surface area contributed by atoms with E-state index in [0.717, 1.165) is 28.3 Å². The van der Waals surface area contributed by atoms with Crippen LogP contribution in [0.15, 0.2) is 12.1 Å². The number of hydrogen-bond donors (Lipinski definition) is 3. The number of carbonyl (C=O) groups is 1. The second-order valence-electron chi connectivity index (χ2n) is 6.74. The van der Waals surface area contributed by atoms with Crippen LogP contribution >= 0.6 is 0 Å². The van der Waals surface area contributed by atoms with Crippen LogP contribution < -0.4 is 21.7 Å². The van der Waals surface area contributed by atoms with E-state index in [4.69, 9.17) is 11.5 Å². The van der Waals surface area contributed by atoms with Gasteiger partial charge in [0.25, 0.3) is 5.91 Å². The molecule has 1 atom stereocenters. The van der Waals surface area contributed by atoms with Crippen LogP contribution in [0, 0.1) is 6.92 Å². The van der Waals surface area contributed by atoms with Gasteiger partial charge in [0.1, 0.15) is 17.2 Å². The van der Waals surface area contributed by atoms with Crippen LogP contribution in [0.4, 0.5) is 23.0 Å². The number of rotatable bonds is 3. The van der Waals surface area contributed by atoms with Crippen LogP contribution in [0.5, 0.6) is 0 Å². The molecule has 11 heteroatoms. The molecule has 4 rings (SSSR count). The number of aromatic nitrogens is 6. The number of nitrogen functional groups attached to an aromatic ring is 1. The quantitative estimate of drug-likeness (QED) is 0.601. The summed E-state index contributed by atoms with van der Waals surface area (Å²) in [6.45, 7) is 3.93. The van der Waals surface area contributed by atoms with Crippen LogP contribution in [0.2, 0.25) is 0 Å². The Morgan fingerprint density at radius 1 is 1.21 bits per heavy atom. The van der Waals surface area contributed by atoms with Gasteiger partial charge in [0.05, 0.1) is 17.4 Å². The van der Waals surface area contributed by atoms with E-state index in [1.807, 2.05) is 27.0 Å². The number of fused-ring (bicyclic) bond motifs is 3. The van der Waals surface area contributed by atoms with Crippen molar-refractivity contribution in [2.45, 2.75) is 19.9 Å². The molecule has 4 heterocycles. The summed E-state index contributed by atoms with van der Waals surface area (Å²) in [7, 11) is 3.75. The van der Waals surface area contributed by atoms with E-state index in [0.29, 0.717) is 11.5 Å². The second-order valence-corrected chi connectivity index (χ2v) is 6.74. The van der Waals surface area contributed by atoms with Gasteiger partial charge in [-0.2, -0.15) is 15.0 Å². The summed E-state index contributed by atoms with van der Waals surface area (Å²) < 4.78 is 0. The lowest BCUT2D eigenvalue weighted by molar-refractivity contribution is 0.0995. The van der Waals surface area contributed by atoms with Crippen LogP contribution in [-0.4, -0.2) is 43.1 Å². The predicted molar refractivity (Wildman–Crippen MR) is 104 cm³/mol. The maximum Gasteiger partial charge on any atom is 0.271 e. The van der Waals surface area contributed by atoms with Crippen LogP contribution in [0.1, 0.15) is 34.8 Å². The number of aryl methyl sites for hydroxylation is 2. The first kappa shape index (κ1) is 17.6. The Balaban J connectivity index is 1.91. The van der Waals surface area contributed by atoms with Gasteiger partial charge in [0.2, 0.25) is 0 Å². The van der Waals surface area contributed by atoms with E-state index >= 15 is 0 Å². The molecule has 11 nitrogen and oxygen atoms in total. The molecule has 0 spiro atoms. The van der Waals surface area contributed by atoms with Crippen molar-refractivity contribution < 1.29 is 4.79 Å². The number of pyridine rings is 1. The van der Waals surface area contributed by atoms with E-state index in [9.17, 15) is 4.79 Å². The SMILES string of the molecule is Cc1cc2c(c(Nc3cc(N)nnc3C(N)=O)n1)N(C)C(C)c1nn(C)nc1-2. The Morgan fingerprint density at radius 2 is 1.96 bits per heavy atom. The molecule has 3 aromatic rings. The molecule has 1 aliphatic rings. The zero-order valence-electron chi connectivity index (χ0n) is 15.9. The van der Waals surface area contributed by atoms with Crippen molar-refractivity contribution in [3.8, 4) is 11.3 Å². The number of carbonyl (C=O) groups excluding carboxylic acids is 1. The van der Waals surface area contributed by atoms with E-state index in [-0.39, 0.29) is 17.6 Å². The Kier molecular flexibility index (Phi) is 3.87. The van der Waals surface area contributed by atoms with E-state index in [2.05, 4.69) is 35.6 Å². The number of hydrogen-bond acceptors (Lipinski definition) is 9. The fourth-order valence-electron chi connectivity index (χ4n) is 3.37. The van der Waals surface area contributed by atoms with Crippen molar-refractivity contribution in [3.63, 3.8) is 0 Å². The van der Waals surface area contributed by atoms with Crippen molar-refractivity contribution in [3.05, 3.63) is 29.2 Å². The minimum Gasteiger partial charge on any atom is -0.382 e. The van der Waals surface area contributed by atoms with Gasteiger partial charge < -0.3 is 21.7 Å². The summed E-state index contributed by atoms with van der Waals surface area (Å²) in [4.78, 5) is 20.0. The van der Waals surface area contributed by atoms with Gasteiger partial charge in [0, 0.05) is 31.4 Å². The van der Waals surface area contributed by atoms with Crippen molar-refractivity contribution in [1.29, 1.82) is 0 Å². The summed E-state index contributed by atoms with van der Waals surface area (Å²) in [5.74, 6) is -0.0167. The number of nitrogens with one attached hydrogen (secondary N) is 1. The van der Waals surface area contributed by atoms with Gasteiger partial charge in [-0.25, -0.2) is 4.98 Å². The normalized spacial score (nSPS) is 15.1. The summed E-state index contributed by atoms with van der Waals surface area (Å²) >= 11 is 0. The number of nitrogens with two attached hydrogens (primary N) is 2. The average Bonchev–Trinajstić information content (AvgIpc) is 3.01. The maximum absolute atomic E-state index is 11.7. The Morgan fingerprint density at radius 3 is 2.68 bits per heavy atom. The largest absolute Gasteiger partial charge is 0.382 e. The average molecular weight is 380 g/mol. The Hall–Kier alpha value is -3.76. The van der Waals surface area contributed by atoms with Crippen LogP contribution in [0.25, 0.3) is 11.3 Å². The minimum atomic E-state index is -0.713. The number of nitrogens with zero attached hydrogens (tertiary/aromatic N) is 7. The molecule has 0 aliphatic carbocycles. The molecule has 1 amide bonds. The van der Waals surface area contributed by atoms with Gasteiger partial charge in [0.15, 0.2) is 11.5 Å². The third-order valence-electron chi connectivity index (χ3n) is 4.74. The predicted octanol–water partition coefficient (Wildman–Crippen LogP) is 0.911. The highest BCUT2D eigenvalue weighted by atomic mass is 16.1. The summed E-state index contributed by atoms with van der Waals surface area (Å²) in [5, 5.41) is 19.7. The molecule has 5 N–H and O–H groups in total. The third-order valence-corrected chi connectivity index (χ3v) is 4.74. The fourth-order valence-corrected chi connectivity index (χ4v) is 3.37. The van der Waals surface area contributed by atoms with Crippen LogP contribution in [-0.2, 0) is 7.05 Å². The van der Waals surface area contributed by atoms with E-state index in [1.165, 1.54) is 6.07 Å². The maximum atomic E-state index is 11.7. The molecule has 0 radical (unpaired) electrons. The molecule has 1 unspecified atom stereocenters. The van der Waals surface area contributed by atoms with Gasteiger partial charge in [-0.3, -0.25) is 4.79 Å². The number of primary amides is 1. The molecule has 3 aromatic heterocycles. The van der Waals surface area contributed by atoms with E-state index < -0.39 is 5.91 Å². The van der Waals surface area contributed by atoms with Crippen molar-refractivity contribution in [1.82, 2.24) is 30.2 Å². The molecular weight excluding hydrogens is 360 g/mol. The summed E-state index contributed by atoms with van der Waals surface area (Å²) in [5.41, 5.74) is 15.7. The zero-order valence-corrected chi connectivity index (χ0v) is 15.9. The molecule has 1 aliphatic heterocycles. The van der Waals surface area contributed by atoms with E-state index in [1.54, 1.807) is 11.8 Å². The lowest BCUT2D eigenvalue weighted by Gasteiger charge is -2.33. The van der Waals surface area contributed by atoms with Crippen LogP contribution in [0.3, 0.4) is 0 Å². The molecule has 0 saturated carbocycles. The molecular formula is C17H20N10O. The third kappa shape index (κ3) is 2.68. The fraction of sp³-hybridized carbons (Fsp3) is 0.294. The first-order chi connectivity index (χ1) is 13.3. The molecule has 0 bridgehead atoms. The topological polar surface area (TPSA) is 154 Å². The van der Waals surface area contributed by atoms with Crippen molar-refractivity contribution >= 4 is 28.9 Å². The highest BCUT2D eigenvalue weighted by Gasteiger charge is 2.33. The zero-order chi connectivity index (χ0) is 20.2. The highest BCUT2D eigenvalue weighted by Crippen LogP contribution is 2.46. The van der Waals surface area contributed by atoms with Gasteiger partial charge >= 0.3 is 0 Å². The van der Waals surface area contributed by atoms with Crippen molar-refractivity contribution in [2.24, 2.45) is 12.8 Å². The molecule has 144 valence electrons. The Labute approximate surface area is 160 Å². The highest BCUT2D eigenvalue weighted by molar-refractivity contribution is 5.98. The molecule has 0 fully saturated rings. The molecule has 0 saturated heterocycles. The lowest BCUT2D eigenvalue weighted by atomic mass is 9.98. The molecule has 28 heavy (non-hydrogen) atoms. The lowest BCUT2D eigenvalue weighted by Crippen LogP contribution is -2.28. The minimum absolute atomic E-state index is 0.0158. The van der Waals surface area contributed by atoms with Gasteiger partial charge in [-0.05, 0) is 19.9 Å². The van der Waals surface area contributed by atoms with Crippen molar-refractivity contribution in [2.75, 3.05) is 23.0 Å². The first-order valence-corrected chi connectivity index (χ1v) is 8.62. The summed E-state index contributed by atoms with van der Waals surface area (Å²) in [6.07, 6.45) is 0. The van der Waals surface area contributed by atoms with Gasteiger partial charge in [-0.1, -0.05) is 0 Å². The van der Waals surface area contributed by atoms with Gasteiger partial charge in [-0.15, -0.1) is 10.2 Å². The second kappa shape index (κ2) is 6.15. The molecule has 0 aromatic carbocycles. The Bertz CT molecular complexity index is 1110. The number of amides is 1. The monoisotopic (exact) mass is 380 g/mol. The smallest absolute Gasteiger partial charge is 0.271 e. The standard InChI is InChI=1S/C17H20N10O/c1-7-5-9-13-12(24-27(4)25-13)8(2)26(3)15(9)17(20-7)21-10-6-11(18)22-23-14(10)16(19)28/h5-6,8H,1-4H3,(H2,19,28)(H3,18,20,21,22). The first-order valence-electron chi connectivity index (χ1n) is 8.62. The number of anilines is 4. The summed E-state index contributed by atoms with van der Waals surface area (Å²) in [6, 6.07) is 3.45.